The molecule has 26 heavy (non-hydrogen) atoms. The smallest absolute Gasteiger partial charge is 0.451 e. The maximum atomic E-state index is 12.8. The van der Waals surface area contributed by atoms with E-state index in [2.05, 4.69) is 31.1 Å². The molecule has 0 bridgehead atoms. The van der Waals surface area contributed by atoms with Crippen molar-refractivity contribution >= 4 is 39.0 Å². The summed E-state index contributed by atoms with van der Waals surface area (Å²) >= 11 is 6.02. The number of halogens is 4. The van der Waals surface area contributed by atoms with Crippen LogP contribution in [0, 0.1) is 0 Å². The number of aromatic nitrogens is 4. The molecule has 0 amide bonds. The number of ether oxygens (including phenoxy) is 1. The molecule has 0 atom stereocenters. The quantitative estimate of drug-likeness (QED) is 0.496. The fraction of sp³-hybridized carbons (Fsp3) is 0.267. The Bertz CT molecular complexity index is 926. The van der Waals surface area contributed by atoms with Crippen LogP contribution < -0.4 is 4.74 Å². The molecule has 0 saturated carbocycles. The first-order valence-electron chi connectivity index (χ1n) is 7.17. The number of thioether (sulfide) groups is 1. The van der Waals surface area contributed by atoms with E-state index in [1.54, 1.807) is 7.11 Å². The van der Waals surface area contributed by atoms with Gasteiger partial charge in [0.15, 0.2) is 5.16 Å². The van der Waals surface area contributed by atoms with Gasteiger partial charge in [-0.15, -0.1) is 21.5 Å². The van der Waals surface area contributed by atoms with Crippen LogP contribution >= 0.6 is 39.0 Å². The van der Waals surface area contributed by atoms with Crippen molar-refractivity contribution in [2.24, 2.45) is 7.05 Å². The number of benzene rings is 1. The first kappa shape index (κ1) is 19.2. The number of hydrogen-bond donors (Lipinski definition) is 0. The van der Waals surface area contributed by atoms with Crippen LogP contribution in [0.4, 0.5) is 13.2 Å². The summed E-state index contributed by atoms with van der Waals surface area (Å²) in [6, 6.07) is 5.62. The van der Waals surface area contributed by atoms with Gasteiger partial charge in [-0.25, -0.2) is 4.98 Å². The molecule has 5 nitrogen and oxygen atoms in total. The van der Waals surface area contributed by atoms with Gasteiger partial charge in [0.25, 0.3) is 0 Å². The van der Waals surface area contributed by atoms with Crippen molar-refractivity contribution in [3.8, 4) is 16.3 Å². The van der Waals surface area contributed by atoms with Gasteiger partial charge in [-0.2, -0.15) is 13.2 Å². The molecule has 0 saturated heterocycles. The van der Waals surface area contributed by atoms with Gasteiger partial charge in [0.05, 0.1) is 18.4 Å². The number of hydrogen-bond acceptors (Lipinski definition) is 6. The fourth-order valence-corrected chi connectivity index (χ4v) is 4.28. The first-order valence-corrected chi connectivity index (χ1v) is 9.83. The maximum absolute atomic E-state index is 12.8. The summed E-state index contributed by atoms with van der Waals surface area (Å²) in [5.74, 6) is 0.0686. The lowest BCUT2D eigenvalue weighted by Crippen LogP contribution is -2.12. The van der Waals surface area contributed by atoms with Gasteiger partial charge in [0.2, 0.25) is 5.82 Å². The molecule has 138 valence electrons. The highest BCUT2D eigenvalue weighted by Crippen LogP contribution is 2.36. The second-order valence-electron chi connectivity index (χ2n) is 5.14. The lowest BCUT2D eigenvalue weighted by Gasteiger charge is -2.06. The van der Waals surface area contributed by atoms with Crippen LogP contribution in [0.15, 0.2) is 33.2 Å². The fourth-order valence-electron chi connectivity index (χ4n) is 2.17. The van der Waals surface area contributed by atoms with Crippen LogP contribution in [0.1, 0.15) is 11.5 Å². The largest absolute Gasteiger partial charge is 0.496 e. The lowest BCUT2D eigenvalue weighted by molar-refractivity contribution is -0.147. The molecule has 3 aromatic rings. The van der Waals surface area contributed by atoms with Crippen molar-refractivity contribution in [2.45, 2.75) is 17.1 Å². The minimum Gasteiger partial charge on any atom is -0.496 e. The van der Waals surface area contributed by atoms with Gasteiger partial charge in [-0.1, -0.05) is 27.7 Å². The molecule has 11 heteroatoms. The molecular weight excluding hydrogens is 453 g/mol. The number of methoxy groups -OCH3 is 1. The average Bonchev–Trinajstić information content (AvgIpc) is 3.19. The van der Waals surface area contributed by atoms with Crippen molar-refractivity contribution in [3.63, 3.8) is 0 Å². The highest BCUT2D eigenvalue weighted by molar-refractivity contribution is 9.10. The zero-order valence-corrected chi connectivity index (χ0v) is 16.8. The molecule has 0 radical (unpaired) electrons. The van der Waals surface area contributed by atoms with Gasteiger partial charge in [0, 0.05) is 22.7 Å². The second kappa shape index (κ2) is 7.57. The zero-order chi connectivity index (χ0) is 18.9. The Kier molecular flexibility index (Phi) is 5.58. The molecule has 0 fully saturated rings. The number of rotatable bonds is 5. The summed E-state index contributed by atoms with van der Waals surface area (Å²) < 4.78 is 45.5. The molecule has 0 spiro atoms. The summed E-state index contributed by atoms with van der Waals surface area (Å²) in [4.78, 5) is 4.55. The maximum Gasteiger partial charge on any atom is 0.451 e. The third-order valence-electron chi connectivity index (χ3n) is 3.38. The monoisotopic (exact) mass is 464 g/mol. The Morgan fingerprint density at radius 1 is 1.31 bits per heavy atom. The van der Waals surface area contributed by atoms with E-state index >= 15 is 0 Å². The van der Waals surface area contributed by atoms with Crippen molar-refractivity contribution in [1.29, 1.82) is 0 Å². The summed E-state index contributed by atoms with van der Waals surface area (Å²) in [6.45, 7) is 0. The Morgan fingerprint density at radius 2 is 2.08 bits per heavy atom. The van der Waals surface area contributed by atoms with E-state index in [-0.39, 0.29) is 5.16 Å². The molecule has 0 aliphatic carbocycles. The predicted octanol–water partition coefficient (Wildman–Crippen LogP) is 5.02. The Hall–Kier alpha value is -1.59. The van der Waals surface area contributed by atoms with Crippen LogP contribution in [0.25, 0.3) is 10.6 Å². The molecular formula is C15H12BrF3N4OS2. The zero-order valence-electron chi connectivity index (χ0n) is 13.5. The Balaban J connectivity index is 1.76. The molecule has 2 aromatic heterocycles. The molecule has 0 N–H and O–H groups in total. The van der Waals surface area contributed by atoms with E-state index in [0.29, 0.717) is 11.5 Å². The normalized spacial score (nSPS) is 11.8. The van der Waals surface area contributed by atoms with Gasteiger partial charge < -0.3 is 9.30 Å². The van der Waals surface area contributed by atoms with Crippen LogP contribution in [-0.2, 0) is 19.0 Å². The SMILES string of the molecule is COc1ccc(Br)cc1-c1nc(CSc2nnc(C(F)(F)F)n2C)cs1. The van der Waals surface area contributed by atoms with E-state index in [4.69, 9.17) is 4.74 Å². The minimum absolute atomic E-state index is 0.187. The molecule has 1 aromatic carbocycles. The number of thiazole rings is 1. The molecule has 3 rings (SSSR count). The molecule has 0 aliphatic rings. The topological polar surface area (TPSA) is 52.8 Å². The van der Waals surface area contributed by atoms with Crippen molar-refractivity contribution in [3.05, 3.63) is 39.6 Å². The van der Waals surface area contributed by atoms with E-state index in [0.717, 1.165) is 37.1 Å². The van der Waals surface area contributed by atoms with Crippen LogP contribution in [0.3, 0.4) is 0 Å². The predicted molar refractivity (Wildman–Crippen MR) is 97.4 cm³/mol. The van der Waals surface area contributed by atoms with Gasteiger partial charge in [-0.05, 0) is 18.2 Å². The number of nitrogens with zero attached hydrogens (tertiary/aromatic N) is 4. The first-order chi connectivity index (χ1) is 12.3. The Morgan fingerprint density at radius 3 is 2.73 bits per heavy atom. The second-order valence-corrected chi connectivity index (χ2v) is 7.86. The number of alkyl halides is 3. The summed E-state index contributed by atoms with van der Waals surface area (Å²) in [6.07, 6.45) is -4.52. The molecule has 2 heterocycles. The van der Waals surface area contributed by atoms with Crippen molar-refractivity contribution in [1.82, 2.24) is 19.7 Å². The van der Waals surface area contributed by atoms with E-state index in [1.165, 1.54) is 18.4 Å². The summed E-state index contributed by atoms with van der Waals surface area (Å²) in [5, 5.41) is 9.64. The summed E-state index contributed by atoms with van der Waals surface area (Å²) in [7, 11) is 2.88. The van der Waals surface area contributed by atoms with E-state index < -0.39 is 12.0 Å². The lowest BCUT2D eigenvalue weighted by atomic mass is 10.2. The van der Waals surface area contributed by atoms with Crippen LogP contribution in [0.5, 0.6) is 5.75 Å². The highest BCUT2D eigenvalue weighted by atomic mass is 79.9. The molecule has 0 aliphatic heterocycles. The highest BCUT2D eigenvalue weighted by Gasteiger charge is 2.37. The molecule has 0 unspecified atom stereocenters. The van der Waals surface area contributed by atoms with Crippen LogP contribution in [0.2, 0.25) is 0 Å². The van der Waals surface area contributed by atoms with Gasteiger partial charge in [-0.3, -0.25) is 0 Å². The average molecular weight is 465 g/mol. The van der Waals surface area contributed by atoms with Gasteiger partial charge >= 0.3 is 6.18 Å². The summed E-state index contributed by atoms with van der Waals surface area (Å²) in [5.41, 5.74) is 1.59. The van der Waals surface area contributed by atoms with Gasteiger partial charge in [0.1, 0.15) is 10.8 Å². The minimum atomic E-state index is -4.52. The third kappa shape index (κ3) is 4.04. The van der Waals surface area contributed by atoms with E-state index in [1.807, 2.05) is 23.6 Å². The van der Waals surface area contributed by atoms with Crippen molar-refractivity contribution < 1.29 is 17.9 Å². The standard InChI is InChI=1S/C15H12BrF3N4OS2/c1-23-13(15(17,18)19)21-22-14(23)26-7-9-6-25-12(20-9)10-5-8(16)3-4-11(10)24-2/h3-6H,7H2,1-2H3. The Labute approximate surface area is 163 Å². The van der Waals surface area contributed by atoms with Crippen molar-refractivity contribution in [2.75, 3.05) is 7.11 Å². The third-order valence-corrected chi connectivity index (χ3v) is 5.85. The van der Waals surface area contributed by atoms with E-state index in [9.17, 15) is 13.2 Å². The van der Waals surface area contributed by atoms with Crippen LogP contribution in [-0.4, -0.2) is 26.9 Å².